The molecule has 2 nitrogen and oxygen atoms in total. The second kappa shape index (κ2) is 2.37. The zero-order chi connectivity index (χ0) is 7.72. The maximum atomic E-state index is 5.71. The number of aryl methyl sites for hydroxylation is 1. The quantitative estimate of drug-likeness (QED) is 0.648. The third kappa shape index (κ3) is 1.01. The van der Waals surface area contributed by atoms with E-state index < -0.39 is 0 Å². The first-order valence-electron chi connectivity index (χ1n) is 3.46. The monoisotopic (exact) mass is 139 g/mol. The van der Waals surface area contributed by atoms with E-state index in [1.807, 2.05) is 6.92 Å². The van der Waals surface area contributed by atoms with Crippen molar-refractivity contribution in [3.63, 3.8) is 0 Å². The van der Waals surface area contributed by atoms with Crippen molar-refractivity contribution in [1.82, 2.24) is 0 Å². The fourth-order valence-corrected chi connectivity index (χ4v) is 0.929. The molecule has 0 saturated carbocycles. The van der Waals surface area contributed by atoms with Crippen LogP contribution in [-0.2, 0) is 0 Å². The van der Waals surface area contributed by atoms with Gasteiger partial charge in [0.05, 0.1) is 12.0 Å². The van der Waals surface area contributed by atoms with E-state index in [9.17, 15) is 0 Å². The fourth-order valence-electron chi connectivity index (χ4n) is 0.929. The summed E-state index contributed by atoms with van der Waals surface area (Å²) in [6.07, 6.45) is 1.73. The highest BCUT2D eigenvalue weighted by Gasteiger charge is 2.08. The molecular formula is C8H13NO. The van der Waals surface area contributed by atoms with Crippen LogP contribution in [0.2, 0.25) is 0 Å². The molecule has 0 aliphatic rings. The predicted octanol–water partition coefficient (Wildman–Crippen LogP) is 2.29. The molecule has 2 N–H and O–H groups in total. The Bertz CT molecular complexity index is 225. The zero-order valence-electron chi connectivity index (χ0n) is 6.64. The Morgan fingerprint density at radius 3 is 2.30 bits per heavy atom. The molecule has 1 aromatic heterocycles. The van der Waals surface area contributed by atoms with Crippen LogP contribution in [0.15, 0.2) is 10.7 Å². The van der Waals surface area contributed by atoms with Gasteiger partial charge in [-0.3, -0.25) is 0 Å². The number of hydrogen-bond donors (Lipinski definition) is 1. The molecule has 0 radical (unpaired) electrons. The van der Waals surface area contributed by atoms with Gasteiger partial charge in [0, 0.05) is 5.56 Å². The van der Waals surface area contributed by atoms with Crippen LogP contribution in [0.3, 0.4) is 0 Å². The largest absolute Gasteiger partial charge is 0.467 e. The first-order valence-corrected chi connectivity index (χ1v) is 3.46. The Hall–Kier alpha value is -0.920. The fraction of sp³-hybridized carbons (Fsp3) is 0.500. The average molecular weight is 139 g/mol. The number of nitrogen functional groups attached to an aromatic ring is 1. The van der Waals surface area contributed by atoms with Gasteiger partial charge < -0.3 is 10.2 Å². The minimum Gasteiger partial charge on any atom is -0.467 e. The summed E-state index contributed by atoms with van der Waals surface area (Å²) in [5.41, 5.74) is 7.62. The summed E-state index contributed by atoms with van der Waals surface area (Å²) in [4.78, 5) is 0. The van der Waals surface area contributed by atoms with Gasteiger partial charge in [-0.1, -0.05) is 13.8 Å². The number of anilines is 1. The maximum Gasteiger partial charge on any atom is 0.123 e. The molecule has 0 saturated heterocycles. The summed E-state index contributed by atoms with van der Waals surface area (Å²) >= 11 is 0. The van der Waals surface area contributed by atoms with Crippen LogP contribution in [0.5, 0.6) is 0 Å². The van der Waals surface area contributed by atoms with E-state index in [4.69, 9.17) is 10.2 Å². The van der Waals surface area contributed by atoms with Crippen molar-refractivity contribution in [3.8, 4) is 0 Å². The lowest BCUT2D eigenvalue weighted by Gasteiger charge is -2.00. The highest BCUT2D eigenvalue weighted by atomic mass is 16.3. The van der Waals surface area contributed by atoms with Gasteiger partial charge in [0.25, 0.3) is 0 Å². The van der Waals surface area contributed by atoms with Gasteiger partial charge in [0.15, 0.2) is 0 Å². The zero-order valence-corrected chi connectivity index (χ0v) is 6.64. The Balaban J connectivity index is 3.05. The van der Waals surface area contributed by atoms with Crippen molar-refractivity contribution < 1.29 is 4.42 Å². The van der Waals surface area contributed by atoms with Crippen LogP contribution in [-0.4, -0.2) is 0 Å². The highest BCUT2D eigenvalue weighted by Crippen LogP contribution is 2.25. The molecule has 0 spiro atoms. The standard InChI is InChI=1S/C8H13NO/c1-5(2)7-4-10-6(3)8(7)9/h4-5H,9H2,1-3H3. The van der Waals surface area contributed by atoms with E-state index in [2.05, 4.69) is 13.8 Å². The van der Waals surface area contributed by atoms with Crippen molar-refractivity contribution in [2.75, 3.05) is 5.73 Å². The molecule has 1 heterocycles. The van der Waals surface area contributed by atoms with Crippen molar-refractivity contribution in [2.45, 2.75) is 26.7 Å². The summed E-state index contributed by atoms with van der Waals surface area (Å²) in [5.74, 6) is 1.28. The molecule has 10 heavy (non-hydrogen) atoms. The molecule has 1 rings (SSSR count). The lowest BCUT2D eigenvalue weighted by atomic mass is 10.1. The average Bonchev–Trinajstić information content (AvgIpc) is 2.14. The van der Waals surface area contributed by atoms with E-state index in [0.717, 1.165) is 17.0 Å². The molecule has 0 fully saturated rings. The topological polar surface area (TPSA) is 39.2 Å². The summed E-state index contributed by atoms with van der Waals surface area (Å²) in [7, 11) is 0. The highest BCUT2D eigenvalue weighted by molar-refractivity contribution is 5.50. The maximum absolute atomic E-state index is 5.71. The van der Waals surface area contributed by atoms with Gasteiger partial charge in [-0.25, -0.2) is 0 Å². The van der Waals surface area contributed by atoms with E-state index >= 15 is 0 Å². The molecule has 0 aromatic carbocycles. The van der Waals surface area contributed by atoms with Gasteiger partial charge in [-0.05, 0) is 12.8 Å². The first-order chi connectivity index (χ1) is 4.63. The predicted molar refractivity (Wildman–Crippen MR) is 41.9 cm³/mol. The van der Waals surface area contributed by atoms with E-state index in [1.54, 1.807) is 6.26 Å². The summed E-state index contributed by atoms with van der Waals surface area (Å²) in [6, 6.07) is 0. The summed E-state index contributed by atoms with van der Waals surface area (Å²) < 4.78 is 5.13. The SMILES string of the molecule is Cc1occ(C(C)C)c1N. The van der Waals surface area contributed by atoms with Crippen LogP contribution >= 0.6 is 0 Å². The molecule has 0 atom stereocenters. The Morgan fingerprint density at radius 1 is 1.50 bits per heavy atom. The summed E-state index contributed by atoms with van der Waals surface area (Å²) in [5, 5.41) is 0. The van der Waals surface area contributed by atoms with Crippen molar-refractivity contribution >= 4 is 5.69 Å². The second-order valence-electron chi connectivity index (χ2n) is 2.82. The van der Waals surface area contributed by atoms with Crippen LogP contribution < -0.4 is 5.73 Å². The molecule has 56 valence electrons. The smallest absolute Gasteiger partial charge is 0.123 e. The molecule has 0 aliphatic carbocycles. The number of rotatable bonds is 1. The molecular weight excluding hydrogens is 126 g/mol. The minimum atomic E-state index is 0.456. The molecule has 0 unspecified atom stereocenters. The lowest BCUT2D eigenvalue weighted by Crippen LogP contribution is -1.92. The van der Waals surface area contributed by atoms with E-state index in [-0.39, 0.29) is 0 Å². The molecule has 0 bridgehead atoms. The number of furan rings is 1. The molecule has 1 aromatic rings. The molecule has 0 amide bonds. The lowest BCUT2D eigenvalue weighted by molar-refractivity contribution is 0.531. The third-order valence-corrected chi connectivity index (χ3v) is 1.67. The van der Waals surface area contributed by atoms with Crippen LogP contribution in [0.4, 0.5) is 5.69 Å². The minimum absolute atomic E-state index is 0.456. The van der Waals surface area contributed by atoms with Gasteiger partial charge in [0.1, 0.15) is 5.76 Å². The Labute approximate surface area is 61.0 Å². The second-order valence-corrected chi connectivity index (χ2v) is 2.82. The van der Waals surface area contributed by atoms with Crippen molar-refractivity contribution in [3.05, 3.63) is 17.6 Å². The van der Waals surface area contributed by atoms with Crippen LogP contribution in [0.25, 0.3) is 0 Å². The van der Waals surface area contributed by atoms with E-state index in [1.165, 1.54) is 0 Å². The van der Waals surface area contributed by atoms with Gasteiger partial charge in [-0.2, -0.15) is 0 Å². The Kier molecular flexibility index (Phi) is 1.70. The van der Waals surface area contributed by atoms with Gasteiger partial charge in [0.2, 0.25) is 0 Å². The first kappa shape index (κ1) is 7.19. The number of hydrogen-bond acceptors (Lipinski definition) is 2. The number of nitrogens with two attached hydrogens (primary N) is 1. The van der Waals surface area contributed by atoms with Gasteiger partial charge in [-0.15, -0.1) is 0 Å². The van der Waals surface area contributed by atoms with Crippen LogP contribution in [0, 0.1) is 6.92 Å². The van der Waals surface area contributed by atoms with Crippen molar-refractivity contribution in [2.24, 2.45) is 0 Å². The van der Waals surface area contributed by atoms with Crippen molar-refractivity contribution in [1.29, 1.82) is 0 Å². The summed E-state index contributed by atoms with van der Waals surface area (Å²) in [6.45, 7) is 6.07. The van der Waals surface area contributed by atoms with Gasteiger partial charge >= 0.3 is 0 Å². The Morgan fingerprint density at radius 2 is 2.10 bits per heavy atom. The molecule has 2 heteroatoms. The third-order valence-electron chi connectivity index (χ3n) is 1.67. The normalized spacial score (nSPS) is 10.8. The van der Waals surface area contributed by atoms with Crippen LogP contribution in [0.1, 0.15) is 31.1 Å². The van der Waals surface area contributed by atoms with E-state index in [0.29, 0.717) is 5.92 Å². The molecule has 0 aliphatic heterocycles.